The second-order valence-corrected chi connectivity index (χ2v) is 5.79. The van der Waals surface area contributed by atoms with Crippen molar-refractivity contribution >= 4 is 0 Å². The van der Waals surface area contributed by atoms with Gasteiger partial charge in [0.2, 0.25) is 0 Å². The minimum atomic E-state index is 0.112. The summed E-state index contributed by atoms with van der Waals surface area (Å²) in [6, 6.07) is 3.42. The molecule has 1 aromatic rings. The van der Waals surface area contributed by atoms with Gasteiger partial charge in [-0.1, -0.05) is 17.7 Å². The molecule has 0 aromatic heterocycles. The first-order valence-corrected chi connectivity index (χ1v) is 7.93. The van der Waals surface area contributed by atoms with Gasteiger partial charge in [0.25, 0.3) is 0 Å². The number of allylic oxidation sites excluding steroid dienone is 3. The topological polar surface area (TPSA) is 60.7 Å². The molecular weight excluding hydrogens is 276 g/mol. The molecule has 1 atom stereocenters. The van der Waals surface area contributed by atoms with Gasteiger partial charge in [-0.15, -0.1) is 6.58 Å². The number of aliphatic hydroxyl groups is 1. The molecule has 3 N–H and O–H groups in total. The van der Waals surface area contributed by atoms with E-state index in [-0.39, 0.29) is 24.0 Å². The van der Waals surface area contributed by atoms with Crippen molar-refractivity contribution < 1.29 is 15.3 Å². The highest BCUT2D eigenvalue weighted by Crippen LogP contribution is 2.41. The summed E-state index contributed by atoms with van der Waals surface area (Å²) in [4.78, 5) is 0. The molecule has 0 amide bonds. The predicted molar refractivity (Wildman–Crippen MR) is 91.4 cm³/mol. The third-order valence-corrected chi connectivity index (χ3v) is 3.76. The molecule has 1 aliphatic carbocycles. The molecule has 2 rings (SSSR count). The zero-order chi connectivity index (χ0) is 16.5. The van der Waals surface area contributed by atoms with E-state index in [1.54, 1.807) is 18.2 Å². The van der Waals surface area contributed by atoms with E-state index in [1.807, 2.05) is 6.92 Å². The molecule has 1 unspecified atom stereocenters. The number of aryl methyl sites for hydroxylation is 1. The molecule has 3 heteroatoms. The lowest BCUT2D eigenvalue weighted by molar-refractivity contribution is 0.288. The van der Waals surface area contributed by atoms with Crippen molar-refractivity contribution in [1.29, 1.82) is 0 Å². The van der Waals surface area contributed by atoms with Gasteiger partial charge in [-0.25, -0.2) is 0 Å². The van der Waals surface area contributed by atoms with E-state index < -0.39 is 0 Å². The Morgan fingerprint density at radius 2 is 1.86 bits per heavy atom. The minimum Gasteiger partial charge on any atom is -0.507 e. The maximum atomic E-state index is 10.2. The fourth-order valence-electron chi connectivity index (χ4n) is 2.83. The maximum Gasteiger partial charge on any atom is 0.123 e. The third-order valence-electron chi connectivity index (χ3n) is 3.76. The number of hydrogen-bond acceptors (Lipinski definition) is 3. The lowest BCUT2D eigenvalue weighted by Crippen LogP contribution is -2.03. The van der Waals surface area contributed by atoms with E-state index in [9.17, 15) is 10.2 Å². The van der Waals surface area contributed by atoms with E-state index >= 15 is 0 Å². The van der Waals surface area contributed by atoms with Gasteiger partial charge in [0.05, 0.1) is 0 Å². The number of rotatable bonds is 4. The zero-order valence-corrected chi connectivity index (χ0v) is 13.7. The number of phenols is 2. The Bertz CT molecular complexity index is 494. The van der Waals surface area contributed by atoms with Crippen LogP contribution in [-0.2, 0) is 6.42 Å². The summed E-state index contributed by atoms with van der Waals surface area (Å²) < 4.78 is 0. The van der Waals surface area contributed by atoms with Crippen LogP contribution in [0.1, 0.15) is 56.6 Å². The van der Waals surface area contributed by atoms with Crippen molar-refractivity contribution in [2.45, 2.75) is 51.9 Å². The molecule has 22 heavy (non-hydrogen) atoms. The second-order valence-electron chi connectivity index (χ2n) is 5.79. The van der Waals surface area contributed by atoms with Crippen LogP contribution in [0.25, 0.3) is 0 Å². The molecule has 1 aromatic carbocycles. The summed E-state index contributed by atoms with van der Waals surface area (Å²) in [7, 11) is 0. The highest BCUT2D eigenvalue weighted by molar-refractivity contribution is 5.50. The quantitative estimate of drug-likeness (QED) is 0.721. The first kappa shape index (κ1) is 18.3. The summed E-state index contributed by atoms with van der Waals surface area (Å²) in [6.07, 6.45) is 8.36. The van der Waals surface area contributed by atoms with Crippen LogP contribution in [0.4, 0.5) is 0 Å². The van der Waals surface area contributed by atoms with Crippen LogP contribution in [0.3, 0.4) is 0 Å². The Balaban J connectivity index is 0.000000745. The van der Waals surface area contributed by atoms with Crippen molar-refractivity contribution in [2.75, 3.05) is 6.61 Å². The Morgan fingerprint density at radius 3 is 2.36 bits per heavy atom. The molecule has 0 radical (unpaired) electrons. The fraction of sp³-hybridized carbons (Fsp3) is 0.474. The normalized spacial score (nSPS) is 17.2. The third kappa shape index (κ3) is 5.23. The van der Waals surface area contributed by atoms with Crippen molar-refractivity contribution in [3.63, 3.8) is 0 Å². The number of hydrogen-bond donors (Lipinski definition) is 3. The molecule has 0 saturated heterocycles. The van der Waals surface area contributed by atoms with Gasteiger partial charge in [-0.3, -0.25) is 0 Å². The average Bonchev–Trinajstić information content (AvgIpc) is 2.45. The fourth-order valence-corrected chi connectivity index (χ4v) is 2.83. The number of aliphatic hydroxyl groups excluding tert-OH is 1. The smallest absolute Gasteiger partial charge is 0.123 e. The number of phenolic OH excluding ortho intramolecular Hbond substituents is 2. The molecule has 0 heterocycles. The maximum absolute atomic E-state index is 10.2. The van der Waals surface area contributed by atoms with Gasteiger partial charge < -0.3 is 15.3 Å². The SMILES string of the molecule is C=CC.CC1=CC(c2c(O)cc(CCCO)cc2O)CCC1. The van der Waals surface area contributed by atoms with Gasteiger partial charge in [0.15, 0.2) is 0 Å². The highest BCUT2D eigenvalue weighted by Gasteiger charge is 2.21. The van der Waals surface area contributed by atoms with Crippen LogP contribution >= 0.6 is 0 Å². The average molecular weight is 304 g/mol. The lowest BCUT2D eigenvalue weighted by atomic mass is 9.84. The van der Waals surface area contributed by atoms with E-state index in [1.165, 1.54) is 5.57 Å². The molecule has 3 nitrogen and oxygen atoms in total. The van der Waals surface area contributed by atoms with E-state index in [0.29, 0.717) is 18.4 Å². The lowest BCUT2D eigenvalue weighted by Gasteiger charge is -2.22. The largest absolute Gasteiger partial charge is 0.507 e. The molecule has 1 aliphatic rings. The van der Waals surface area contributed by atoms with Crippen LogP contribution in [-0.4, -0.2) is 21.9 Å². The Hall–Kier alpha value is -1.74. The molecular formula is C19H28O3. The second kappa shape index (κ2) is 9.31. The van der Waals surface area contributed by atoms with E-state index in [2.05, 4.69) is 19.6 Å². The van der Waals surface area contributed by atoms with Crippen LogP contribution in [0, 0.1) is 0 Å². The van der Waals surface area contributed by atoms with Gasteiger partial charge in [-0.05, 0) is 63.6 Å². The monoisotopic (exact) mass is 304 g/mol. The van der Waals surface area contributed by atoms with Gasteiger partial charge in [-0.2, -0.15) is 0 Å². The van der Waals surface area contributed by atoms with Crippen molar-refractivity contribution in [3.8, 4) is 11.5 Å². The number of benzene rings is 1. The molecule has 0 fully saturated rings. The van der Waals surface area contributed by atoms with Crippen molar-refractivity contribution in [1.82, 2.24) is 0 Å². The standard InChI is InChI=1S/C16H22O3.C3H6/c1-11-4-2-6-13(8-11)16-14(18)9-12(5-3-7-17)10-15(16)19;1-3-2/h8-10,13,17-19H,2-7H2,1H3;3H,1H2,2H3. The Labute approximate surface area is 133 Å². The first-order chi connectivity index (χ1) is 10.5. The molecule has 0 bridgehead atoms. The molecule has 0 aliphatic heterocycles. The van der Waals surface area contributed by atoms with Crippen LogP contribution in [0.15, 0.2) is 36.4 Å². The van der Waals surface area contributed by atoms with E-state index in [0.717, 1.165) is 24.8 Å². The Morgan fingerprint density at radius 1 is 1.27 bits per heavy atom. The molecule has 0 spiro atoms. The first-order valence-electron chi connectivity index (χ1n) is 7.93. The van der Waals surface area contributed by atoms with Gasteiger partial charge in [0, 0.05) is 18.1 Å². The summed E-state index contributed by atoms with van der Waals surface area (Å²) in [5.41, 5.74) is 2.83. The van der Waals surface area contributed by atoms with E-state index in [4.69, 9.17) is 5.11 Å². The van der Waals surface area contributed by atoms with Crippen molar-refractivity contribution in [3.05, 3.63) is 47.6 Å². The zero-order valence-electron chi connectivity index (χ0n) is 13.7. The molecule has 122 valence electrons. The predicted octanol–water partition coefficient (Wildman–Crippen LogP) is 4.43. The summed E-state index contributed by atoms with van der Waals surface area (Å²) in [5.74, 6) is 0.452. The minimum absolute atomic E-state index is 0.112. The van der Waals surface area contributed by atoms with Crippen LogP contribution in [0.2, 0.25) is 0 Å². The molecule has 0 saturated carbocycles. The summed E-state index contributed by atoms with van der Waals surface area (Å²) in [5, 5.41) is 29.1. The summed E-state index contributed by atoms with van der Waals surface area (Å²) in [6.45, 7) is 7.46. The number of aromatic hydroxyl groups is 2. The Kier molecular flexibility index (Phi) is 7.75. The van der Waals surface area contributed by atoms with Crippen LogP contribution < -0.4 is 0 Å². The summed E-state index contributed by atoms with van der Waals surface area (Å²) >= 11 is 0. The van der Waals surface area contributed by atoms with Crippen LogP contribution in [0.5, 0.6) is 11.5 Å². The van der Waals surface area contributed by atoms with Crippen molar-refractivity contribution in [2.24, 2.45) is 0 Å². The van der Waals surface area contributed by atoms with Gasteiger partial charge in [0.1, 0.15) is 11.5 Å². The highest BCUT2D eigenvalue weighted by atomic mass is 16.3. The van der Waals surface area contributed by atoms with Gasteiger partial charge >= 0.3 is 0 Å².